The molecule has 4 nitrogen and oxygen atoms in total. The van der Waals surface area contributed by atoms with Crippen molar-refractivity contribution in [3.05, 3.63) is 17.5 Å². The topological polar surface area (TPSA) is 38.2 Å². The van der Waals surface area contributed by atoms with Crippen molar-refractivity contribution in [2.45, 2.75) is 32.9 Å². The van der Waals surface area contributed by atoms with Gasteiger partial charge in [-0.05, 0) is 26.8 Å². The smallest absolute Gasteiger partial charge is 0.226 e. The van der Waals surface area contributed by atoms with Gasteiger partial charge >= 0.3 is 0 Å². The molecular weight excluding hydrogens is 282 g/mol. The molecule has 1 saturated heterocycles. The van der Waals surface area contributed by atoms with Crippen molar-refractivity contribution in [1.82, 2.24) is 9.97 Å². The molecule has 0 aliphatic carbocycles. The van der Waals surface area contributed by atoms with Crippen molar-refractivity contribution in [2.24, 2.45) is 0 Å². The van der Waals surface area contributed by atoms with Crippen molar-refractivity contribution >= 4 is 21.9 Å². The van der Waals surface area contributed by atoms with Gasteiger partial charge in [0.1, 0.15) is 0 Å². The summed E-state index contributed by atoms with van der Waals surface area (Å²) in [7, 11) is 0. The van der Waals surface area contributed by atoms with Gasteiger partial charge in [0, 0.05) is 23.3 Å². The predicted molar refractivity (Wildman–Crippen MR) is 71.8 cm³/mol. The van der Waals surface area contributed by atoms with Gasteiger partial charge in [-0.15, -0.1) is 0 Å². The molecule has 5 heteroatoms. The van der Waals surface area contributed by atoms with Crippen LogP contribution < -0.4 is 4.90 Å². The Morgan fingerprint density at radius 2 is 2.06 bits per heavy atom. The van der Waals surface area contributed by atoms with Gasteiger partial charge in [0.05, 0.1) is 18.8 Å². The lowest BCUT2D eigenvalue weighted by molar-refractivity contribution is 0.0372. The number of aryl methyl sites for hydroxylation is 2. The summed E-state index contributed by atoms with van der Waals surface area (Å²) in [5.41, 5.74) is 2.03. The fourth-order valence-electron chi connectivity index (χ4n) is 2.03. The first kappa shape index (κ1) is 12.8. The SMILES string of the molecule is Cc1cc(C)nc(N2CC(CBr)OCC2C)n1. The number of morpholine rings is 1. The van der Waals surface area contributed by atoms with E-state index >= 15 is 0 Å². The lowest BCUT2D eigenvalue weighted by Gasteiger charge is -2.37. The number of nitrogens with zero attached hydrogens (tertiary/aromatic N) is 3. The summed E-state index contributed by atoms with van der Waals surface area (Å²) in [6.45, 7) is 7.73. The van der Waals surface area contributed by atoms with Crippen LogP contribution in [0.4, 0.5) is 5.95 Å². The third kappa shape index (κ3) is 2.96. The second-order valence-corrected chi connectivity index (χ2v) is 5.21. The molecule has 2 rings (SSSR count). The molecule has 1 aromatic rings. The van der Waals surface area contributed by atoms with Crippen LogP contribution in [0.2, 0.25) is 0 Å². The lowest BCUT2D eigenvalue weighted by Crippen LogP contribution is -2.49. The Morgan fingerprint density at radius 1 is 1.41 bits per heavy atom. The first-order chi connectivity index (χ1) is 8.10. The number of hydrogen-bond acceptors (Lipinski definition) is 4. The van der Waals surface area contributed by atoms with Crippen LogP contribution in [0.3, 0.4) is 0 Å². The molecule has 1 aliphatic rings. The highest BCUT2D eigenvalue weighted by atomic mass is 79.9. The molecule has 2 atom stereocenters. The molecule has 17 heavy (non-hydrogen) atoms. The van der Waals surface area contributed by atoms with E-state index in [-0.39, 0.29) is 6.10 Å². The fourth-order valence-corrected chi connectivity index (χ4v) is 2.42. The predicted octanol–water partition coefficient (Wildman–Crippen LogP) is 2.08. The van der Waals surface area contributed by atoms with E-state index in [1.165, 1.54) is 0 Å². The van der Waals surface area contributed by atoms with Gasteiger partial charge in [0.25, 0.3) is 0 Å². The quantitative estimate of drug-likeness (QED) is 0.784. The Labute approximate surface area is 111 Å². The van der Waals surface area contributed by atoms with E-state index in [2.05, 4.69) is 37.7 Å². The molecule has 1 fully saturated rings. The van der Waals surface area contributed by atoms with Crippen molar-refractivity contribution in [3.63, 3.8) is 0 Å². The average molecular weight is 300 g/mol. The molecule has 2 unspecified atom stereocenters. The van der Waals surface area contributed by atoms with E-state index in [4.69, 9.17) is 4.74 Å². The summed E-state index contributed by atoms with van der Waals surface area (Å²) in [6.07, 6.45) is 0.218. The largest absolute Gasteiger partial charge is 0.373 e. The van der Waals surface area contributed by atoms with Gasteiger partial charge in [-0.3, -0.25) is 0 Å². The van der Waals surface area contributed by atoms with E-state index < -0.39 is 0 Å². The zero-order valence-corrected chi connectivity index (χ0v) is 12.1. The molecular formula is C12H18BrN3O. The molecule has 0 aromatic carbocycles. The molecule has 0 saturated carbocycles. The second kappa shape index (κ2) is 5.31. The zero-order valence-electron chi connectivity index (χ0n) is 10.5. The first-order valence-electron chi connectivity index (χ1n) is 5.86. The average Bonchev–Trinajstić information content (AvgIpc) is 2.28. The van der Waals surface area contributed by atoms with Gasteiger partial charge in [0.2, 0.25) is 5.95 Å². The van der Waals surface area contributed by atoms with Gasteiger partial charge < -0.3 is 9.64 Å². The van der Waals surface area contributed by atoms with Crippen LogP contribution in [0.1, 0.15) is 18.3 Å². The number of aromatic nitrogens is 2. The van der Waals surface area contributed by atoms with E-state index in [9.17, 15) is 0 Å². The highest BCUT2D eigenvalue weighted by Crippen LogP contribution is 2.19. The number of rotatable bonds is 2. The fraction of sp³-hybridized carbons (Fsp3) is 0.667. The van der Waals surface area contributed by atoms with E-state index in [0.717, 1.165) is 35.8 Å². The number of hydrogen-bond donors (Lipinski definition) is 0. The third-order valence-electron chi connectivity index (χ3n) is 2.90. The summed E-state index contributed by atoms with van der Waals surface area (Å²) in [6, 6.07) is 2.32. The maximum atomic E-state index is 5.71. The second-order valence-electron chi connectivity index (χ2n) is 4.56. The van der Waals surface area contributed by atoms with Crippen LogP contribution in [0.25, 0.3) is 0 Å². The lowest BCUT2D eigenvalue weighted by atomic mass is 10.2. The molecule has 0 amide bonds. The number of anilines is 1. The van der Waals surface area contributed by atoms with E-state index in [1.54, 1.807) is 0 Å². The van der Waals surface area contributed by atoms with Crippen LogP contribution in [-0.4, -0.2) is 40.6 Å². The Balaban J connectivity index is 2.24. The summed E-state index contributed by atoms with van der Waals surface area (Å²) >= 11 is 3.47. The minimum Gasteiger partial charge on any atom is -0.373 e. The van der Waals surface area contributed by atoms with Crippen LogP contribution in [0.5, 0.6) is 0 Å². The molecule has 2 heterocycles. The first-order valence-corrected chi connectivity index (χ1v) is 6.99. The van der Waals surface area contributed by atoms with Crippen LogP contribution in [0, 0.1) is 13.8 Å². The molecule has 0 spiro atoms. The molecule has 0 bridgehead atoms. The summed E-state index contributed by atoms with van der Waals surface area (Å²) in [5, 5.41) is 0.848. The molecule has 0 radical (unpaired) electrons. The Hall–Kier alpha value is -0.680. The van der Waals surface area contributed by atoms with Crippen molar-refractivity contribution in [1.29, 1.82) is 0 Å². The monoisotopic (exact) mass is 299 g/mol. The number of alkyl halides is 1. The van der Waals surface area contributed by atoms with Gasteiger partial charge in [-0.25, -0.2) is 9.97 Å². The highest BCUT2D eigenvalue weighted by Gasteiger charge is 2.27. The summed E-state index contributed by atoms with van der Waals surface area (Å²) in [5.74, 6) is 0.823. The molecule has 1 aromatic heterocycles. The Bertz CT molecular complexity index is 379. The summed E-state index contributed by atoms with van der Waals surface area (Å²) < 4.78 is 5.71. The van der Waals surface area contributed by atoms with Crippen molar-refractivity contribution in [3.8, 4) is 0 Å². The minimum atomic E-state index is 0.218. The maximum Gasteiger partial charge on any atom is 0.226 e. The standard InChI is InChI=1S/C12H18BrN3O/c1-8-4-9(2)15-12(14-8)16-6-11(5-13)17-7-10(16)3/h4,10-11H,5-7H2,1-3H3. The number of ether oxygens (including phenoxy) is 1. The van der Waals surface area contributed by atoms with Gasteiger partial charge in [-0.1, -0.05) is 15.9 Å². The maximum absolute atomic E-state index is 5.71. The van der Waals surface area contributed by atoms with Gasteiger partial charge in [-0.2, -0.15) is 0 Å². The van der Waals surface area contributed by atoms with E-state index in [1.807, 2.05) is 19.9 Å². The Morgan fingerprint density at radius 3 is 2.65 bits per heavy atom. The highest BCUT2D eigenvalue weighted by molar-refractivity contribution is 9.09. The van der Waals surface area contributed by atoms with Crippen molar-refractivity contribution < 1.29 is 4.74 Å². The van der Waals surface area contributed by atoms with Crippen LogP contribution >= 0.6 is 15.9 Å². The third-order valence-corrected chi connectivity index (χ3v) is 3.63. The molecule has 1 aliphatic heterocycles. The summed E-state index contributed by atoms with van der Waals surface area (Å²) in [4.78, 5) is 11.3. The minimum absolute atomic E-state index is 0.218. The van der Waals surface area contributed by atoms with E-state index in [0.29, 0.717) is 6.04 Å². The van der Waals surface area contributed by atoms with Crippen LogP contribution in [-0.2, 0) is 4.74 Å². The normalized spacial score (nSPS) is 25.1. The Kier molecular flexibility index (Phi) is 3.99. The molecule has 94 valence electrons. The number of halogens is 1. The van der Waals surface area contributed by atoms with Crippen LogP contribution in [0.15, 0.2) is 6.07 Å². The molecule has 0 N–H and O–H groups in total. The van der Waals surface area contributed by atoms with Gasteiger partial charge in [0.15, 0.2) is 0 Å². The van der Waals surface area contributed by atoms with Crippen molar-refractivity contribution in [2.75, 3.05) is 23.4 Å². The zero-order chi connectivity index (χ0) is 12.4.